The summed E-state index contributed by atoms with van der Waals surface area (Å²) in [5.41, 5.74) is 5.48. The first kappa shape index (κ1) is 53.7. The van der Waals surface area contributed by atoms with Gasteiger partial charge in [0.25, 0.3) is 0 Å². The van der Waals surface area contributed by atoms with Crippen LogP contribution in [-0.4, -0.2) is 43.1 Å². The topological polar surface area (TPSA) is 124 Å². The van der Waals surface area contributed by atoms with E-state index in [9.17, 15) is 0 Å². The first-order valence-corrected chi connectivity index (χ1v) is 27.4. The number of rotatable bonds is 24. The fourth-order valence-corrected chi connectivity index (χ4v) is 10.4. The van der Waals surface area contributed by atoms with Crippen LogP contribution in [0, 0.1) is 35.5 Å². The number of aromatic nitrogens is 8. The Balaban J connectivity index is 0.00000711. The maximum Gasteiger partial charge on any atom is 2.00 e. The fourth-order valence-electron chi connectivity index (χ4n) is 10.4. The normalized spacial score (nSPS) is 13.7. The van der Waals surface area contributed by atoms with Crippen molar-refractivity contribution in [3.63, 3.8) is 0 Å². The Morgan fingerprint density at radius 1 is 0.356 bits per heavy atom. The van der Waals surface area contributed by atoms with Crippen LogP contribution in [0.4, 0.5) is 0 Å². The molecule has 0 amide bonds. The molecule has 0 fully saturated rings. The van der Waals surface area contributed by atoms with Crippen LogP contribution in [0.1, 0.15) is 145 Å². The van der Waals surface area contributed by atoms with Gasteiger partial charge in [0.1, 0.15) is 0 Å². The molecule has 0 N–H and O–H groups in total. The molecule has 9 rings (SSSR count). The minimum absolute atomic E-state index is 0. The average molecular weight is 1030 g/mol. The van der Waals surface area contributed by atoms with Crippen LogP contribution in [0.5, 0.6) is 11.5 Å². The summed E-state index contributed by atoms with van der Waals surface area (Å²) in [5.74, 6) is 7.63. The van der Waals surface area contributed by atoms with Gasteiger partial charge in [-0.3, -0.25) is 0 Å². The van der Waals surface area contributed by atoms with Crippen LogP contribution in [0.15, 0.2) is 84.9 Å². The van der Waals surface area contributed by atoms with Crippen molar-refractivity contribution in [1.29, 1.82) is 0 Å². The van der Waals surface area contributed by atoms with Gasteiger partial charge in [0.05, 0.1) is 36.5 Å². The monoisotopic (exact) mass is 1030 g/mol. The first-order valence-electron chi connectivity index (χ1n) is 27.4. The summed E-state index contributed by atoms with van der Waals surface area (Å²) in [6.45, 7) is 20.0. The van der Waals surface area contributed by atoms with Crippen molar-refractivity contribution in [1.82, 2.24) is 39.9 Å². The molecule has 8 bridgehead atoms. The summed E-state index contributed by atoms with van der Waals surface area (Å²) < 4.78 is 13.6. The number of benzene rings is 4. The van der Waals surface area contributed by atoms with Gasteiger partial charge in [-0.25, -0.2) is 9.97 Å². The molecule has 4 atom stereocenters. The minimum Gasteiger partial charge on any atom is -0.490 e. The van der Waals surface area contributed by atoms with E-state index in [1.165, 1.54) is 77.0 Å². The summed E-state index contributed by atoms with van der Waals surface area (Å²) in [7, 11) is 0. The van der Waals surface area contributed by atoms with Gasteiger partial charge in [-0.2, -0.15) is 0 Å². The smallest absolute Gasteiger partial charge is 0.490 e. The summed E-state index contributed by atoms with van der Waals surface area (Å²) in [6, 6.07) is 28.3. The molecule has 11 heteroatoms. The molecule has 378 valence electrons. The first-order chi connectivity index (χ1) is 35.0. The zero-order chi connectivity index (χ0) is 50.1. The van der Waals surface area contributed by atoms with Crippen LogP contribution in [0.25, 0.3) is 89.7 Å². The third-order valence-electron chi connectivity index (χ3n) is 15.0. The van der Waals surface area contributed by atoms with Crippen molar-refractivity contribution in [3.8, 4) is 57.1 Å². The molecule has 73 heavy (non-hydrogen) atoms. The Labute approximate surface area is 446 Å². The second-order valence-electron chi connectivity index (χ2n) is 22.2. The van der Waals surface area contributed by atoms with Crippen LogP contribution < -0.4 is 19.4 Å². The number of fused-ring (bicyclic) bond motifs is 20. The molecule has 5 heterocycles. The van der Waals surface area contributed by atoms with E-state index in [1.54, 1.807) is 0 Å². The van der Waals surface area contributed by atoms with Gasteiger partial charge in [-0.15, -0.1) is 0 Å². The van der Waals surface area contributed by atoms with E-state index in [2.05, 4.69) is 67.5 Å². The van der Waals surface area contributed by atoms with Gasteiger partial charge in [-0.05, 0) is 82.0 Å². The van der Waals surface area contributed by atoms with E-state index in [-0.39, 0.29) is 19.5 Å². The van der Waals surface area contributed by atoms with Gasteiger partial charge >= 0.3 is 19.5 Å². The van der Waals surface area contributed by atoms with E-state index in [0.717, 1.165) is 80.3 Å². The fraction of sp³-hybridized carbons (Fsp3) is 0.484. The molecule has 0 saturated carbocycles. The number of nitrogens with zero attached hydrogens (tertiary/aromatic N) is 8. The second-order valence-corrected chi connectivity index (χ2v) is 22.2. The predicted octanol–water partition coefficient (Wildman–Crippen LogP) is 16.2. The molecule has 4 unspecified atom stereocenters. The SMILES string of the molecule is CC(C)CCCC(C)CCCC(C)CCOc1cc2c(cc1OCCC(C)CCCC(C)CCCC(C)C)-c1nc-2nc2[n-]c(nc3nc(nc4[n-]c(n1)c1ccccc41)-c1ccccc1-3)c1ccccc21.[Zn+2]. The zero-order valence-corrected chi connectivity index (χ0v) is 47.9. The average Bonchev–Trinajstić information content (AvgIpc) is 4.09. The largest absolute Gasteiger partial charge is 2.00 e. The standard InChI is InChI=1S/C62H76N8O2.Zn/c1-39(2)19-15-21-41(5)23-17-25-43(7)33-35-71-53-37-51-52(38-54(53)72-36-34-44(8)26-18-24-42(6)22-16-20-40(3)4)62-69-60-50-32-14-12-30-48(50)58(67-60)65-56-46-28-10-9-27-45(46)55(63-56)64-57-47-29-11-13-31-49(47)59(66-57)68-61(51)70-62;/h9-14,27-32,37-44H,15-26,33-36H2,1-8H3;/q-2;+2. The minimum atomic E-state index is 0. The molecule has 2 aliphatic rings. The summed E-state index contributed by atoms with van der Waals surface area (Å²) in [6.07, 6.45) is 17.3. The quantitative estimate of drug-likeness (QED) is 0.0540. The Kier molecular flexibility index (Phi) is 18.5. The number of ether oxygens (including phenoxy) is 2. The van der Waals surface area contributed by atoms with Crippen LogP contribution in [0.3, 0.4) is 0 Å². The summed E-state index contributed by atoms with van der Waals surface area (Å²) in [5, 5.41) is 3.49. The van der Waals surface area contributed by atoms with Crippen molar-refractivity contribution < 1.29 is 29.0 Å². The van der Waals surface area contributed by atoms with E-state index in [0.29, 0.717) is 82.4 Å². The number of hydrogen-bond acceptors (Lipinski definition) is 8. The molecule has 7 aromatic rings. The van der Waals surface area contributed by atoms with Gasteiger partial charge in [0, 0.05) is 44.8 Å². The molecule has 0 spiro atoms. The van der Waals surface area contributed by atoms with E-state index < -0.39 is 0 Å². The van der Waals surface area contributed by atoms with Gasteiger partial charge < -0.3 is 39.4 Å². The Bertz CT molecular complexity index is 2920. The Morgan fingerprint density at radius 2 is 0.644 bits per heavy atom. The van der Waals surface area contributed by atoms with Gasteiger partial charge in [0.2, 0.25) is 0 Å². The zero-order valence-electron chi connectivity index (χ0n) is 45.0. The maximum atomic E-state index is 6.80. The maximum absolute atomic E-state index is 6.80. The summed E-state index contributed by atoms with van der Waals surface area (Å²) >= 11 is 0. The van der Waals surface area contributed by atoms with E-state index in [1.807, 2.05) is 72.8 Å². The third kappa shape index (κ3) is 13.4. The Hall–Kier alpha value is -5.54. The van der Waals surface area contributed by atoms with Gasteiger partial charge in [0.15, 0.2) is 11.5 Å². The second kappa shape index (κ2) is 25.1. The van der Waals surface area contributed by atoms with E-state index in [4.69, 9.17) is 49.3 Å². The molecule has 0 radical (unpaired) electrons. The molecule has 0 aliphatic carbocycles. The third-order valence-corrected chi connectivity index (χ3v) is 15.0. The van der Waals surface area contributed by atoms with Crippen molar-refractivity contribution >= 4 is 44.1 Å². The number of hydrogen-bond donors (Lipinski definition) is 0. The van der Waals surface area contributed by atoms with Crippen LogP contribution in [0.2, 0.25) is 0 Å². The summed E-state index contributed by atoms with van der Waals surface area (Å²) in [4.78, 5) is 41.1. The Morgan fingerprint density at radius 3 is 0.973 bits per heavy atom. The molecule has 10 nitrogen and oxygen atoms in total. The van der Waals surface area contributed by atoms with Gasteiger partial charge in [-0.1, -0.05) is 205 Å². The molecule has 2 aliphatic heterocycles. The van der Waals surface area contributed by atoms with Crippen molar-refractivity contribution in [3.05, 3.63) is 84.9 Å². The van der Waals surface area contributed by atoms with Crippen molar-refractivity contribution in [2.75, 3.05) is 13.2 Å². The molecule has 4 aromatic carbocycles. The van der Waals surface area contributed by atoms with Crippen LogP contribution >= 0.6 is 0 Å². The van der Waals surface area contributed by atoms with Crippen molar-refractivity contribution in [2.24, 2.45) is 35.5 Å². The predicted molar refractivity (Wildman–Crippen MR) is 296 cm³/mol. The van der Waals surface area contributed by atoms with Crippen molar-refractivity contribution in [2.45, 2.75) is 145 Å². The molecular formula is C62H76N8O2Zn. The molecular weight excluding hydrogens is 954 g/mol. The van der Waals surface area contributed by atoms with E-state index >= 15 is 0 Å². The molecule has 3 aromatic heterocycles. The molecule has 0 saturated heterocycles. The van der Waals surface area contributed by atoms with Crippen LogP contribution in [-0.2, 0) is 19.5 Å².